The van der Waals surface area contributed by atoms with Gasteiger partial charge in [-0.05, 0) is 50.0 Å². The summed E-state index contributed by atoms with van der Waals surface area (Å²) < 4.78 is 2.83. The van der Waals surface area contributed by atoms with Gasteiger partial charge in [0.1, 0.15) is 5.69 Å². The highest BCUT2D eigenvalue weighted by Crippen LogP contribution is 2.35. The number of rotatable bonds is 3. The fourth-order valence-electron chi connectivity index (χ4n) is 3.01. The van der Waals surface area contributed by atoms with Gasteiger partial charge in [-0.3, -0.25) is 14.6 Å². The Kier molecular flexibility index (Phi) is 3.46. The van der Waals surface area contributed by atoms with Crippen molar-refractivity contribution in [2.75, 3.05) is 0 Å². The molecule has 2 aromatic heterocycles. The van der Waals surface area contributed by atoms with Gasteiger partial charge in [0.05, 0.1) is 0 Å². The minimum Gasteiger partial charge on any atom is -0.296 e. The van der Waals surface area contributed by atoms with Crippen LogP contribution < -0.4 is 0 Å². The molecule has 1 unspecified atom stereocenters. The first kappa shape index (κ1) is 12.5. The van der Waals surface area contributed by atoms with Crippen molar-refractivity contribution in [3.63, 3.8) is 0 Å². The molecular formula is C14H18N4S. The Morgan fingerprint density at radius 1 is 1.37 bits per heavy atom. The van der Waals surface area contributed by atoms with Gasteiger partial charge in [-0.15, -0.1) is 0 Å². The zero-order valence-corrected chi connectivity index (χ0v) is 11.9. The summed E-state index contributed by atoms with van der Waals surface area (Å²) in [7, 11) is 0. The van der Waals surface area contributed by atoms with Crippen LogP contribution in [0.1, 0.15) is 38.6 Å². The van der Waals surface area contributed by atoms with E-state index < -0.39 is 0 Å². The molecule has 0 radical (unpaired) electrons. The van der Waals surface area contributed by atoms with Crippen molar-refractivity contribution in [1.29, 1.82) is 0 Å². The second-order valence-electron chi connectivity index (χ2n) is 5.22. The van der Waals surface area contributed by atoms with Crippen LogP contribution in [0.25, 0.3) is 11.5 Å². The largest absolute Gasteiger partial charge is 0.296 e. The lowest BCUT2D eigenvalue weighted by Gasteiger charge is -2.21. The first-order valence-electron chi connectivity index (χ1n) is 6.85. The molecule has 2 aromatic rings. The van der Waals surface area contributed by atoms with Gasteiger partial charge in [0.2, 0.25) is 0 Å². The molecule has 0 bridgehead atoms. The monoisotopic (exact) mass is 274 g/mol. The van der Waals surface area contributed by atoms with Crippen LogP contribution >= 0.6 is 12.2 Å². The average Bonchev–Trinajstić information content (AvgIpc) is 3.08. The van der Waals surface area contributed by atoms with Gasteiger partial charge in [-0.2, -0.15) is 5.10 Å². The summed E-state index contributed by atoms with van der Waals surface area (Å²) >= 11 is 5.40. The van der Waals surface area contributed by atoms with E-state index in [1.165, 1.54) is 25.7 Å². The number of H-pyrrole nitrogens is 1. The molecule has 2 heterocycles. The third-order valence-electron chi connectivity index (χ3n) is 4.09. The van der Waals surface area contributed by atoms with E-state index in [1.807, 2.05) is 18.2 Å². The molecule has 5 heteroatoms. The minimum absolute atomic E-state index is 0.380. The van der Waals surface area contributed by atoms with Crippen molar-refractivity contribution >= 4 is 12.2 Å². The number of hydrogen-bond acceptors (Lipinski definition) is 3. The van der Waals surface area contributed by atoms with Crippen molar-refractivity contribution < 1.29 is 0 Å². The summed E-state index contributed by atoms with van der Waals surface area (Å²) in [6, 6.07) is 6.24. The van der Waals surface area contributed by atoms with Crippen molar-refractivity contribution in [3.8, 4) is 11.5 Å². The van der Waals surface area contributed by atoms with Crippen molar-refractivity contribution in [2.45, 2.75) is 38.6 Å². The maximum atomic E-state index is 5.40. The molecule has 1 N–H and O–H groups in total. The summed E-state index contributed by atoms with van der Waals surface area (Å²) in [5.41, 5.74) is 0.875. The minimum atomic E-state index is 0.380. The van der Waals surface area contributed by atoms with Crippen LogP contribution in [0.4, 0.5) is 0 Å². The third kappa shape index (κ3) is 2.34. The zero-order valence-electron chi connectivity index (χ0n) is 11.0. The Balaban J connectivity index is 2.01. The molecule has 1 saturated carbocycles. The van der Waals surface area contributed by atoms with Gasteiger partial charge in [0.15, 0.2) is 10.6 Å². The van der Waals surface area contributed by atoms with E-state index in [-0.39, 0.29) is 0 Å². The Morgan fingerprint density at radius 3 is 2.84 bits per heavy atom. The van der Waals surface area contributed by atoms with E-state index in [0.29, 0.717) is 16.7 Å². The lowest BCUT2D eigenvalue weighted by atomic mass is 9.99. The molecular weight excluding hydrogens is 256 g/mol. The maximum Gasteiger partial charge on any atom is 0.195 e. The number of nitrogens with one attached hydrogen (secondary N) is 1. The molecule has 1 fully saturated rings. The lowest BCUT2D eigenvalue weighted by molar-refractivity contribution is 0.359. The first-order chi connectivity index (χ1) is 9.27. The SMILES string of the molecule is CC(C1CCCC1)n1c(-c2ccccn2)n[nH]c1=S. The molecule has 100 valence electrons. The van der Waals surface area contributed by atoms with Gasteiger partial charge in [0.25, 0.3) is 0 Å². The van der Waals surface area contributed by atoms with Crippen molar-refractivity contribution in [2.24, 2.45) is 5.92 Å². The second kappa shape index (κ2) is 5.25. The molecule has 0 spiro atoms. The fourth-order valence-corrected chi connectivity index (χ4v) is 3.31. The number of nitrogens with zero attached hydrogens (tertiary/aromatic N) is 3. The summed E-state index contributed by atoms with van der Waals surface area (Å²) in [6.07, 6.45) is 7.03. The van der Waals surface area contributed by atoms with Gasteiger partial charge in [0, 0.05) is 12.2 Å². The summed E-state index contributed by atoms with van der Waals surface area (Å²) in [4.78, 5) is 4.38. The molecule has 1 atom stereocenters. The molecule has 19 heavy (non-hydrogen) atoms. The highest BCUT2D eigenvalue weighted by atomic mass is 32.1. The van der Waals surface area contributed by atoms with Crippen LogP contribution in [-0.2, 0) is 0 Å². The van der Waals surface area contributed by atoms with Crippen LogP contribution in [0, 0.1) is 10.7 Å². The van der Waals surface area contributed by atoms with Gasteiger partial charge in [-0.1, -0.05) is 18.9 Å². The standard InChI is InChI=1S/C14H18N4S/c1-10(11-6-2-3-7-11)18-13(16-17-14(18)19)12-8-4-5-9-15-12/h4-5,8-11H,2-3,6-7H2,1H3,(H,17,19). The van der Waals surface area contributed by atoms with E-state index in [2.05, 4.69) is 26.7 Å². The molecule has 1 aliphatic carbocycles. The maximum absolute atomic E-state index is 5.40. The topological polar surface area (TPSA) is 46.5 Å². The van der Waals surface area contributed by atoms with E-state index in [0.717, 1.165) is 11.5 Å². The normalized spacial score (nSPS) is 17.7. The Hall–Kier alpha value is -1.49. The molecule has 0 aromatic carbocycles. The van der Waals surface area contributed by atoms with Crippen LogP contribution in [-0.4, -0.2) is 19.7 Å². The van der Waals surface area contributed by atoms with E-state index >= 15 is 0 Å². The van der Waals surface area contributed by atoms with Crippen LogP contribution in [0.3, 0.4) is 0 Å². The molecule has 0 saturated heterocycles. The summed E-state index contributed by atoms with van der Waals surface area (Å²) in [6.45, 7) is 2.24. The second-order valence-corrected chi connectivity index (χ2v) is 5.61. The van der Waals surface area contributed by atoms with Crippen LogP contribution in [0.15, 0.2) is 24.4 Å². The van der Waals surface area contributed by atoms with Gasteiger partial charge in [-0.25, -0.2) is 0 Å². The molecule has 0 amide bonds. The molecule has 1 aliphatic rings. The Labute approximate surface area is 117 Å². The molecule has 4 nitrogen and oxygen atoms in total. The van der Waals surface area contributed by atoms with E-state index in [4.69, 9.17) is 12.2 Å². The van der Waals surface area contributed by atoms with Gasteiger partial charge < -0.3 is 0 Å². The van der Waals surface area contributed by atoms with Gasteiger partial charge >= 0.3 is 0 Å². The number of aromatic amines is 1. The Morgan fingerprint density at radius 2 is 2.16 bits per heavy atom. The zero-order chi connectivity index (χ0) is 13.2. The third-order valence-corrected chi connectivity index (χ3v) is 4.38. The number of aromatic nitrogens is 4. The Bertz CT molecular complexity index is 595. The van der Waals surface area contributed by atoms with E-state index in [9.17, 15) is 0 Å². The quantitative estimate of drug-likeness (QED) is 0.867. The smallest absolute Gasteiger partial charge is 0.195 e. The van der Waals surface area contributed by atoms with E-state index in [1.54, 1.807) is 6.20 Å². The van der Waals surface area contributed by atoms with Crippen LogP contribution in [0.2, 0.25) is 0 Å². The highest BCUT2D eigenvalue weighted by Gasteiger charge is 2.25. The molecule has 0 aliphatic heterocycles. The predicted molar refractivity (Wildman–Crippen MR) is 77.3 cm³/mol. The molecule has 3 rings (SSSR count). The number of pyridine rings is 1. The fraction of sp³-hybridized carbons (Fsp3) is 0.500. The summed E-state index contributed by atoms with van der Waals surface area (Å²) in [5.74, 6) is 1.55. The summed E-state index contributed by atoms with van der Waals surface area (Å²) in [5, 5.41) is 7.28. The van der Waals surface area contributed by atoms with Crippen molar-refractivity contribution in [1.82, 2.24) is 19.7 Å². The first-order valence-corrected chi connectivity index (χ1v) is 7.26. The lowest BCUT2D eigenvalue weighted by Crippen LogP contribution is -2.15. The predicted octanol–water partition coefficient (Wildman–Crippen LogP) is 3.75. The average molecular weight is 274 g/mol. The van der Waals surface area contributed by atoms with Crippen molar-refractivity contribution in [3.05, 3.63) is 29.2 Å². The number of hydrogen-bond donors (Lipinski definition) is 1. The van der Waals surface area contributed by atoms with Crippen LogP contribution in [0.5, 0.6) is 0 Å². The highest BCUT2D eigenvalue weighted by molar-refractivity contribution is 7.71.